The summed E-state index contributed by atoms with van der Waals surface area (Å²) in [6.07, 6.45) is 3.39. The molecule has 7 heteroatoms. The molecule has 1 N–H and O–H groups in total. The third kappa shape index (κ3) is 4.92. The van der Waals surface area contributed by atoms with E-state index in [0.717, 1.165) is 24.0 Å². The summed E-state index contributed by atoms with van der Waals surface area (Å²) < 4.78 is 9.95. The van der Waals surface area contributed by atoms with Crippen LogP contribution in [0.5, 0.6) is 0 Å². The number of allylic oxidation sites excluding steroid dienone is 1. The van der Waals surface area contributed by atoms with Gasteiger partial charge < -0.3 is 14.8 Å². The molecule has 0 unspecified atom stereocenters. The van der Waals surface area contributed by atoms with Gasteiger partial charge in [0.25, 0.3) is 5.91 Å². The number of anilines is 1. The molecular weight excluding hydrogens is 330 g/mol. The monoisotopic (exact) mass is 351 g/mol. The van der Waals surface area contributed by atoms with Crippen LogP contribution >= 0.6 is 11.3 Å². The predicted molar refractivity (Wildman–Crippen MR) is 91.3 cm³/mol. The highest BCUT2D eigenvalue weighted by Crippen LogP contribution is 2.46. The number of hydrogen-bond donors (Lipinski definition) is 1. The van der Waals surface area contributed by atoms with Crippen molar-refractivity contribution >= 4 is 34.2 Å². The number of rotatable bonds is 7. The standard InChI is InChI=1S/C17H21NO5S/c1-4-22-17(21)15-12(11-5-6-11)9-24-16(15)18-13(19)8-23-14(20)7-10(2)3/h7,9,11H,4-6,8H2,1-3H3,(H,18,19). The van der Waals surface area contributed by atoms with Crippen molar-refractivity contribution in [2.75, 3.05) is 18.5 Å². The molecule has 0 aromatic carbocycles. The number of carbonyl (C=O) groups excluding carboxylic acids is 3. The van der Waals surface area contributed by atoms with Crippen LogP contribution in [0.25, 0.3) is 0 Å². The number of thiophene rings is 1. The van der Waals surface area contributed by atoms with E-state index >= 15 is 0 Å². The molecule has 24 heavy (non-hydrogen) atoms. The van der Waals surface area contributed by atoms with Crippen molar-refractivity contribution in [1.82, 2.24) is 0 Å². The van der Waals surface area contributed by atoms with Crippen LogP contribution in [-0.2, 0) is 19.1 Å². The van der Waals surface area contributed by atoms with Gasteiger partial charge in [-0.2, -0.15) is 0 Å². The Hall–Kier alpha value is -2.15. The number of carbonyl (C=O) groups is 3. The minimum Gasteiger partial charge on any atom is -0.462 e. The minimum absolute atomic E-state index is 0.270. The van der Waals surface area contributed by atoms with Crippen molar-refractivity contribution in [3.8, 4) is 0 Å². The van der Waals surface area contributed by atoms with E-state index < -0.39 is 24.5 Å². The zero-order chi connectivity index (χ0) is 17.7. The molecular formula is C17H21NO5S. The maximum Gasteiger partial charge on any atom is 0.341 e. The summed E-state index contributed by atoms with van der Waals surface area (Å²) in [6, 6.07) is 0. The summed E-state index contributed by atoms with van der Waals surface area (Å²) in [5.74, 6) is -1.12. The summed E-state index contributed by atoms with van der Waals surface area (Å²) in [5.41, 5.74) is 2.14. The lowest BCUT2D eigenvalue weighted by Crippen LogP contribution is -2.21. The molecule has 1 aromatic heterocycles. The van der Waals surface area contributed by atoms with E-state index in [1.165, 1.54) is 17.4 Å². The lowest BCUT2D eigenvalue weighted by atomic mass is 10.1. The Morgan fingerprint density at radius 3 is 2.58 bits per heavy atom. The van der Waals surface area contributed by atoms with E-state index in [1.807, 2.05) is 5.38 Å². The lowest BCUT2D eigenvalue weighted by molar-refractivity contribution is -0.142. The van der Waals surface area contributed by atoms with E-state index in [1.54, 1.807) is 20.8 Å². The molecule has 1 fully saturated rings. The number of hydrogen-bond acceptors (Lipinski definition) is 6. The van der Waals surface area contributed by atoms with Crippen molar-refractivity contribution in [3.05, 3.63) is 28.2 Å². The normalized spacial score (nSPS) is 13.1. The molecule has 0 radical (unpaired) electrons. The van der Waals surface area contributed by atoms with Crippen molar-refractivity contribution in [1.29, 1.82) is 0 Å². The average molecular weight is 351 g/mol. The predicted octanol–water partition coefficient (Wildman–Crippen LogP) is 3.25. The van der Waals surface area contributed by atoms with Gasteiger partial charge in [0.2, 0.25) is 0 Å². The summed E-state index contributed by atoms with van der Waals surface area (Å²) in [5, 5.41) is 4.97. The van der Waals surface area contributed by atoms with Gasteiger partial charge in [-0.05, 0) is 50.5 Å². The molecule has 2 rings (SSSR count). The Balaban J connectivity index is 2.03. The van der Waals surface area contributed by atoms with Gasteiger partial charge in [0, 0.05) is 6.08 Å². The quantitative estimate of drug-likeness (QED) is 0.602. The van der Waals surface area contributed by atoms with Crippen molar-refractivity contribution < 1.29 is 23.9 Å². The second-order valence-electron chi connectivity index (χ2n) is 5.77. The van der Waals surface area contributed by atoms with Gasteiger partial charge in [-0.3, -0.25) is 4.79 Å². The minimum atomic E-state index is -0.569. The SMILES string of the molecule is CCOC(=O)c1c(C2CC2)csc1NC(=O)COC(=O)C=C(C)C. The fourth-order valence-electron chi connectivity index (χ4n) is 2.15. The highest BCUT2D eigenvalue weighted by Gasteiger charge is 2.32. The maximum atomic E-state index is 12.2. The van der Waals surface area contributed by atoms with Gasteiger partial charge in [0.05, 0.1) is 12.2 Å². The molecule has 0 bridgehead atoms. The highest BCUT2D eigenvalue weighted by atomic mass is 32.1. The maximum absolute atomic E-state index is 12.2. The third-order valence-electron chi connectivity index (χ3n) is 3.32. The summed E-state index contributed by atoms with van der Waals surface area (Å²) in [4.78, 5) is 35.6. The Morgan fingerprint density at radius 2 is 2.00 bits per heavy atom. The summed E-state index contributed by atoms with van der Waals surface area (Å²) in [6.45, 7) is 5.13. The van der Waals surface area contributed by atoms with Gasteiger partial charge in [0.15, 0.2) is 6.61 Å². The first-order valence-corrected chi connectivity index (χ1v) is 8.70. The smallest absolute Gasteiger partial charge is 0.341 e. The Bertz CT molecular complexity index is 669. The first-order chi connectivity index (χ1) is 11.4. The molecule has 0 saturated heterocycles. The second kappa shape index (κ2) is 8.10. The van der Waals surface area contributed by atoms with Crippen LogP contribution in [0.3, 0.4) is 0 Å². The van der Waals surface area contributed by atoms with Crippen LogP contribution in [0, 0.1) is 0 Å². The van der Waals surface area contributed by atoms with Crippen molar-refractivity contribution in [2.45, 2.75) is 39.5 Å². The Kier molecular flexibility index (Phi) is 6.14. The van der Waals surface area contributed by atoms with Crippen LogP contribution in [0.15, 0.2) is 17.0 Å². The molecule has 0 atom stereocenters. The van der Waals surface area contributed by atoms with Gasteiger partial charge in [0.1, 0.15) is 5.00 Å². The van der Waals surface area contributed by atoms with Gasteiger partial charge in [-0.25, -0.2) is 9.59 Å². The molecule has 1 heterocycles. The molecule has 6 nitrogen and oxygen atoms in total. The fourth-order valence-corrected chi connectivity index (χ4v) is 3.20. The topological polar surface area (TPSA) is 81.7 Å². The van der Waals surface area contributed by atoms with E-state index in [2.05, 4.69) is 5.32 Å². The van der Waals surface area contributed by atoms with E-state index in [9.17, 15) is 14.4 Å². The van der Waals surface area contributed by atoms with Crippen molar-refractivity contribution in [2.24, 2.45) is 0 Å². The van der Waals surface area contributed by atoms with Gasteiger partial charge >= 0.3 is 11.9 Å². The van der Waals surface area contributed by atoms with Crippen LogP contribution in [0.4, 0.5) is 5.00 Å². The molecule has 0 spiro atoms. The van der Waals surface area contributed by atoms with Crippen LogP contribution < -0.4 is 5.32 Å². The first kappa shape index (κ1) is 18.2. The number of nitrogens with one attached hydrogen (secondary N) is 1. The second-order valence-corrected chi connectivity index (χ2v) is 6.65. The van der Waals surface area contributed by atoms with E-state index in [4.69, 9.17) is 9.47 Å². The molecule has 1 aliphatic carbocycles. The van der Waals surface area contributed by atoms with Gasteiger partial charge in [-0.15, -0.1) is 11.3 Å². The molecule has 130 valence electrons. The van der Waals surface area contributed by atoms with E-state index in [0.29, 0.717) is 16.5 Å². The van der Waals surface area contributed by atoms with Crippen LogP contribution in [-0.4, -0.2) is 31.1 Å². The van der Waals surface area contributed by atoms with Gasteiger partial charge in [-0.1, -0.05) is 5.57 Å². The van der Waals surface area contributed by atoms with Crippen LogP contribution in [0.1, 0.15) is 55.5 Å². The molecule has 1 aromatic rings. The zero-order valence-electron chi connectivity index (χ0n) is 14.0. The fraction of sp³-hybridized carbons (Fsp3) is 0.471. The Morgan fingerprint density at radius 1 is 1.29 bits per heavy atom. The summed E-state index contributed by atoms with van der Waals surface area (Å²) >= 11 is 1.29. The number of amides is 1. The third-order valence-corrected chi connectivity index (χ3v) is 4.23. The van der Waals surface area contributed by atoms with Crippen molar-refractivity contribution in [3.63, 3.8) is 0 Å². The molecule has 1 aliphatic rings. The largest absolute Gasteiger partial charge is 0.462 e. The first-order valence-electron chi connectivity index (χ1n) is 7.82. The lowest BCUT2D eigenvalue weighted by Gasteiger charge is -2.08. The number of esters is 2. The zero-order valence-corrected chi connectivity index (χ0v) is 14.8. The summed E-state index contributed by atoms with van der Waals surface area (Å²) in [7, 11) is 0. The van der Waals surface area contributed by atoms with Crippen LogP contribution in [0.2, 0.25) is 0 Å². The molecule has 1 amide bonds. The Labute approximate surface area is 144 Å². The number of ether oxygens (including phenoxy) is 2. The molecule has 1 saturated carbocycles. The van der Waals surface area contributed by atoms with E-state index in [-0.39, 0.29) is 6.61 Å². The average Bonchev–Trinajstić information content (AvgIpc) is 3.26. The highest BCUT2D eigenvalue weighted by molar-refractivity contribution is 7.15. The molecule has 0 aliphatic heterocycles.